The molecule has 3 heterocycles. The fourth-order valence-corrected chi connectivity index (χ4v) is 4.65. The number of hydrogen-bond acceptors (Lipinski definition) is 9. The highest BCUT2D eigenvalue weighted by Crippen LogP contribution is 2.43. The predicted octanol–water partition coefficient (Wildman–Crippen LogP) is 2.67. The number of aromatic nitrogens is 6. The summed E-state index contributed by atoms with van der Waals surface area (Å²) in [6, 6.07) is 5.93. The van der Waals surface area contributed by atoms with Gasteiger partial charge in [-0.05, 0) is 51.3 Å². The molecular formula is C24H26N8O3S. The Labute approximate surface area is 207 Å². The van der Waals surface area contributed by atoms with Crippen LogP contribution in [0.2, 0.25) is 0 Å². The molecule has 11 nitrogen and oxygen atoms in total. The molecule has 1 fully saturated rings. The Morgan fingerprint density at radius 3 is 2.47 bits per heavy atom. The lowest BCUT2D eigenvalue weighted by Gasteiger charge is -2.16. The van der Waals surface area contributed by atoms with E-state index < -0.39 is 10.0 Å². The van der Waals surface area contributed by atoms with Crippen molar-refractivity contribution in [1.29, 1.82) is 0 Å². The van der Waals surface area contributed by atoms with Crippen LogP contribution in [0.15, 0.2) is 46.5 Å². The molecule has 5 rings (SSSR count). The van der Waals surface area contributed by atoms with Gasteiger partial charge in [-0.25, -0.2) is 38.5 Å². The van der Waals surface area contributed by atoms with E-state index in [0.717, 1.165) is 35.4 Å². The fourth-order valence-electron chi connectivity index (χ4n) is 4.13. The van der Waals surface area contributed by atoms with Crippen LogP contribution in [0, 0.1) is 6.92 Å². The molecule has 36 heavy (non-hydrogen) atoms. The summed E-state index contributed by atoms with van der Waals surface area (Å²) < 4.78 is 24.5. The smallest absolute Gasteiger partial charge is 0.295 e. The van der Waals surface area contributed by atoms with Crippen molar-refractivity contribution in [2.24, 2.45) is 5.14 Å². The maximum absolute atomic E-state index is 13.4. The Morgan fingerprint density at radius 2 is 1.83 bits per heavy atom. The van der Waals surface area contributed by atoms with Gasteiger partial charge in [0.15, 0.2) is 17.3 Å². The van der Waals surface area contributed by atoms with Crippen molar-refractivity contribution in [3.05, 3.63) is 64.1 Å². The molecule has 1 saturated carbocycles. The second kappa shape index (κ2) is 9.03. The van der Waals surface area contributed by atoms with Crippen LogP contribution >= 0.6 is 0 Å². The first-order valence-corrected chi connectivity index (χ1v) is 13.1. The van der Waals surface area contributed by atoms with Crippen molar-refractivity contribution in [3.8, 4) is 11.4 Å². The van der Waals surface area contributed by atoms with Crippen molar-refractivity contribution >= 4 is 27.0 Å². The van der Waals surface area contributed by atoms with E-state index in [4.69, 9.17) is 10.1 Å². The zero-order valence-corrected chi connectivity index (χ0v) is 21.0. The van der Waals surface area contributed by atoms with Crippen molar-refractivity contribution in [1.82, 2.24) is 29.5 Å². The summed E-state index contributed by atoms with van der Waals surface area (Å²) in [5, 5.41) is 8.22. The highest BCUT2D eigenvalue weighted by Gasteiger charge is 2.30. The summed E-state index contributed by atoms with van der Waals surface area (Å²) >= 11 is 0. The number of sulfonamides is 1. The summed E-state index contributed by atoms with van der Waals surface area (Å²) in [4.78, 5) is 36.1. The molecule has 3 aromatic heterocycles. The molecule has 0 bridgehead atoms. The molecule has 0 saturated heterocycles. The average Bonchev–Trinajstić information content (AvgIpc) is 3.67. The van der Waals surface area contributed by atoms with Crippen LogP contribution in [0.5, 0.6) is 0 Å². The Bertz CT molecular complexity index is 1630. The van der Waals surface area contributed by atoms with E-state index in [1.807, 2.05) is 20.8 Å². The number of aryl methyl sites for hydroxylation is 1. The van der Waals surface area contributed by atoms with Gasteiger partial charge in [0.1, 0.15) is 11.8 Å². The Hall–Kier alpha value is -3.77. The van der Waals surface area contributed by atoms with Crippen LogP contribution in [0.25, 0.3) is 22.6 Å². The first-order chi connectivity index (χ1) is 17.1. The van der Waals surface area contributed by atoms with Gasteiger partial charge < -0.3 is 5.32 Å². The van der Waals surface area contributed by atoms with Gasteiger partial charge in [-0.3, -0.25) is 9.36 Å². The third-order valence-electron chi connectivity index (χ3n) is 6.11. The number of nitrogens with two attached hydrogens (primary N) is 1. The summed E-state index contributed by atoms with van der Waals surface area (Å²) in [6.07, 6.45) is 5.34. The molecular weight excluding hydrogens is 480 g/mol. The van der Waals surface area contributed by atoms with Gasteiger partial charge in [0.25, 0.3) is 5.56 Å². The van der Waals surface area contributed by atoms with Gasteiger partial charge in [0.05, 0.1) is 28.0 Å². The van der Waals surface area contributed by atoms with Crippen LogP contribution in [0.1, 0.15) is 55.6 Å². The summed E-state index contributed by atoms with van der Waals surface area (Å²) in [7, 11) is -3.77. The van der Waals surface area contributed by atoms with E-state index in [0.29, 0.717) is 22.9 Å². The van der Waals surface area contributed by atoms with E-state index in [1.165, 1.54) is 12.1 Å². The molecule has 0 spiro atoms. The van der Waals surface area contributed by atoms with Gasteiger partial charge >= 0.3 is 0 Å². The van der Waals surface area contributed by atoms with Crippen molar-refractivity contribution in [3.63, 3.8) is 0 Å². The normalized spacial score (nSPS) is 13.9. The quantitative estimate of drug-likeness (QED) is 0.384. The topological polar surface area (TPSA) is 159 Å². The molecule has 1 aliphatic carbocycles. The molecule has 0 radical (unpaired) electrons. The number of anilines is 1. The number of nitrogens with zero attached hydrogens (tertiary/aromatic N) is 6. The van der Waals surface area contributed by atoms with Gasteiger partial charge in [-0.15, -0.1) is 0 Å². The zero-order chi connectivity index (χ0) is 25.6. The highest BCUT2D eigenvalue weighted by atomic mass is 32.2. The minimum atomic E-state index is -3.77. The van der Waals surface area contributed by atoms with Gasteiger partial charge in [-0.2, -0.15) is 0 Å². The molecule has 1 aliphatic rings. The monoisotopic (exact) mass is 506 g/mol. The first-order valence-electron chi connectivity index (χ1n) is 11.6. The molecule has 0 atom stereocenters. The summed E-state index contributed by atoms with van der Waals surface area (Å²) in [5.41, 5.74) is 3.92. The minimum absolute atomic E-state index is 0.0223. The predicted molar refractivity (Wildman–Crippen MR) is 135 cm³/mol. The Morgan fingerprint density at radius 1 is 1.11 bits per heavy atom. The molecule has 4 aromatic rings. The fraction of sp³-hybridized carbons (Fsp3) is 0.333. The lowest BCUT2D eigenvalue weighted by molar-refractivity contribution is 0.593. The maximum Gasteiger partial charge on any atom is 0.295 e. The largest absolute Gasteiger partial charge is 0.361 e. The molecule has 0 aliphatic heterocycles. The standard InChI is InChI=1S/C24H26N8O3S/c1-13(2)32-23-18(11-27-21(31-23)19-14(3)28-12-29-20(19)16-6-7-16)30-22(24(32)33)26-10-15-4-8-17(9-5-15)36(25,34)35/h4-5,8-9,11-13,16H,6-7,10H2,1-3H3,(H,26,30)(H2,25,34,35). The first kappa shape index (κ1) is 23.9. The number of rotatable bonds is 7. The summed E-state index contributed by atoms with van der Waals surface area (Å²) in [6.45, 7) is 5.99. The molecule has 3 N–H and O–H groups in total. The van der Waals surface area contributed by atoms with Crippen LogP contribution in [-0.2, 0) is 16.6 Å². The lowest BCUT2D eigenvalue weighted by Crippen LogP contribution is -2.27. The van der Waals surface area contributed by atoms with Gasteiger partial charge in [0, 0.05) is 18.5 Å². The van der Waals surface area contributed by atoms with Crippen LogP contribution in [0.3, 0.4) is 0 Å². The third kappa shape index (κ3) is 4.56. The second-order valence-corrected chi connectivity index (χ2v) is 10.7. The maximum atomic E-state index is 13.4. The van der Waals surface area contributed by atoms with Crippen LogP contribution in [0.4, 0.5) is 5.82 Å². The number of hydrogen-bond donors (Lipinski definition) is 2. The Kier molecular flexibility index (Phi) is 6.00. The lowest BCUT2D eigenvalue weighted by atomic mass is 10.1. The van der Waals surface area contributed by atoms with Crippen LogP contribution < -0.4 is 16.0 Å². The van der Waals surface area contributed by atoms with Crippen LogP contribution in [-0.4, -0.2) is 37.9 Å². The van der Waals surface area contributed by atoms with Gasteiger partial charge in [-0.1, -0.05) is 12.1 Å². The van der Waals surface area contributed by atoms with E-state index in [2.05, 4.69) is 25.3 Å². The van der Waals surface area contributed by atoms with E-state index in [1.54, 1.807) is 29.2 Å². The average molecular weight is 507 g/mol. The van der Waals surface area contributed by atoms with E-state index in [9.17, 15) is 13.2 Å². The molecule has 12 heteroatoms. The molecule has 0 unspecified atom stereocenters. The van der Waals surface area contributed by atoms with Crippen molar-refractivity contribution < 1.29 is 8.42 Å². The number of nitrogens with one attached hydrogen (secondary N) is 1. The molecule has 186 valence electrons. The highest BCUT2D eigenvalue weighted by molar-refractivity contribution is 7.89. The third-order valence-corrected chi connectivity index (χ3v) is 7.04. The summed E-state index contributed by atoms with van der Waals surface area (Å²) in [5.74, 6) is 1.02. The SMILES string of the molecule is Cc1ncnc(C2CC2)c1-c1ncc2nc(NCc3ccc(S(N)(=O)=O)cc3)c(=O)n(C(C)C)c2n1. The van der Waals surface area contributed by atoms with Crippen molar-refractivity contribution in [2.75, 3.05) is 5.32 Å². The molecule has 1 aromatic carbocycles. The zero-order valence-electron chi connectivity index (χ0n) is 20.1. The Balaban J connectivity index is 1.53. The van der Waals surface area contributed by atoms with Gasteiger partial charge in [0.2, 0.25) is 10.0 Å². The van der Waals surface area contributed by atoms with E-state index >= 15 is 0 Å². The number of fused-ring (bicyclic) bond motifs is 1. The molecule has 0 amide bonds. The minimum Gasteiger partial charge on any atom is -0.361 e. The van der Waals surface area contributed by atoms with E-state index in [-0.39, 0.29) is 28.9 Å². The number of primary sulfonamides is 1. The number of benzene rings is 1. The van der Waals surface area contributed by atoms with Crippen molar-refractivity contribution in [2.45, 2.75) is 57.0 Å². The second-order valence-electron chi connectivity index (χ2n) is 9.17.